The Morgan fingerprint density at radius 2 is 0.985 bits per heavy atom. The summed E-state index contributed by atoms with van der Waals surface area (Å²) in [5.74, 6) is -7.30. The van der Waals surface area contributed by atoms with Gasteiger partial charge in [-0.05, 0) is 68.6 Å². The summed E-state index contributed by atoms with van der Waals surface area (Å²) in [6, 6.07) is 3.50. The fourth-order valence-corrected chi connectivity index (χ4v) is 7.90. The molecule has 0 aliphatic carbocycles. The third kappa shape index (κ3) is 31.3. The summed E-state index contributed by atoms with van der Waals surface area (Å²) in [6.07, 6.45) is 15.4. The maximum Gasteiger partial charge on any atom is 0.326 e. The van der Waals surface area contributed by atoms with E-state index in [1.165, 1.54) is 37.8 Å². The first-order valence-corrected chi connectivity index (χ1v) is 24.5. The van der Waals surface area contributed by atoms with E-state index in [9.17, 15) is 58.5 Å². The Labute approximate surface area is 396 Å². The number of nitrogens with one attached hydrogen (secondary N) is 3. The second kappa shape index (κ2) is 35.8. The molecule has 1 aromatic rings. The molecule has 67 heavy (non-hydrogen) atoms. The van der Waals surface area contributed by atoms with Crippen LogP contribution in [0.25, 0.3) is 0 Å². The number of aliphatic carboxylic acids is 3. The van der Waals surface area contributed by atoms with Gasteiger partial charge in [0.15, 0.2) is 0 Å². The minimum Gasteiger partial charge on any atom is -0.508 e. The van der Waals surface area contributed by atoms with Crippen LogP contribution in [0.1, 0.15) is 186 Å². The third-order valence-corrected chi connectivity index (χ3v) is 11.8. The van der Waals surface area contributed by atoms with Crippen LogP contribution < -0.4 is 21.7 Å². The Hall–Kier alpha value is -5.35. The van der Waals surface area contributed by atoms with Gasteiger partial charge in [-0.15, -0.1) is 0 Å². The number of carbonyl (C=O) groups excluding carboxylic acids is 6. The number of rotatable bonds is 42. The molecule has 17 nitrogen and oxygen atoms in total. The topological polar surface area (TPSA) is 297 Å². The summed E-state index contributed by atoms with van der Waals surface area (Å²) in [6.45, 7) is 4.02. The molecule has 0 bridgehead atoms. The molecule has 0 spiro atoms. The Balaban J connectivity index is 2.40. The van der Waals surface area contributed by atoms with Crippen molar-refractivity contribution in [2.24, 2.45) is 23.5 Å². The highest BCUT2D eigenvalue weighted by molar-refractivity contribution is 5.91. The van der Waals surface area contributed by atoms with Gasteiger partial charge in [0.1, 0.15) is 29.4 Å². The minimum absolute atomic E-state index is 0.0219. The number of amides is 4. The van der Waals surface area contributed by atoms with E-state index < -0.39 is 65.5 Å². The van der Waals surface area contributed by atoms with Gasteiger partial charge in [0, 0.05) is 63.3 Å². The number of carbonyl (C=O) groups is 9. The predicted octanol–water partition coefficient (Wildman–Crippen LogP) is 6.93. The predicted molar refractivity (Wildman–Crippen MR) is 253 cm³/mol. The lowest BCUT2D eigenvalue weighted by Crippen LogP contribution is -2.44. The molecule has 0 saturated carbocycles. The van der Waals surface area contributed by atoms with Crippen LogP contribution in [0, 0.1) is 17.8 Å². The maximum absolute atomic E-state index is 13.5. The molecule has 0 saturated heterocycles. The summed E-state index contributed by atoms with van der Waals surface area (Å²) in [5, 5.41) is 45.1. The summed E-state index contributed by atoms with van der Waals surface area (Å²) in [4.78, 5) is 110. The van der Waals surface area contributed by atoms with E-state index in [0.717, 1.165) is 63.4 Å². The molecule has 0 heterocycles. The highest BCUT2D eigenvalue weighted by atomic mass is 16.4. The van der Waals surface area contributed by atoms with E-state index in [-0.39, 0.29) is 87.6 Å². The Bertz CT molecular complexity index is 1680. The number of Topliss-reactive ketones (excluding diaryl/α,β-unsaturated/α-hetero) is 2. The van der Waals surface area contributed by atoms with Crippen molar-refractivity contribution < 1.29 is 63.6 Å². The number of hydrogen-bond acceptors (Lipinski definition) is 10. The summed E-state index contributed by atoms with van der Waals surface area (Å²) >= 11 is 0. The van der Waals surface area contributed by atoms with Crippen LogP contribution in [0.15, 0.2) is 24.3 Å². The van der Waals surface area contributed by atoms with E-state index in [1.54, 1.807) is 12.1 Å². The van der Waals surface area contributed by atoms with Gasteiger partial charge < -0.3 is 42.1 Å². The van der Waals surface area contributed by atoms with Crippen molar-refractivity contribution in [1.82, 2.24) is 16.0 Å². The second-order valence-corrected chi connectivity index (χ2v) is 18.4. The van der Waals surface area contributed by atoms with Gasteiger partial charge in [-0.3, -0.25) is 33.6 Å². The van der Waals surface area contributed by atoms with Crippen molar-refractivity contribution in [3.05, 3.63) is 29.8 Å². The Kier molecular flexibility index (Phi) is 31.9. The molecule has 9 N–H and O–H groups in total. The van der Waals surface area contributed by atoms with Gasteiger partial charge >= 0.3 is 17.9 Å². The van der Waals surface area contributed by atoms with E-state index >= 15 is 0 Å². The molecule has 17 heteroatoms. The van der Waals surface area contributed by atoms with Gasteiger partial charge in [-0.25, -0.2) is 9.59 Å². The fraction of sp³-hybridized carbons (Fsp3) is 0.700. The molecule has 1 aromatic carbocycles. The van der Waals surface area contributed by atoms with Gasteiger partial charge in [-0.2, -0.15) is 0 Å². The number of carboxylic acid groups (broad SMARTS) is 3. The van der Waals surface area contributed by atoms with Crippen molar-refractivity contribution in [2.75, 3.05) is 6.54 Å². The van der Waals surface area contributed by atoms with Gasteiger partial charge in [-0.1, -0.05) is 109 Å². The molecule has 0 fully saturated rings. The highest BCUT2D eigenvalue weighted by Crippen LogP contribution is 2.23. The normalized spacial score (nSPS) is 12.9. The maximum atomic E-state index is 13.5. The second-order valence-electron chi connectivity index (χ2n) is 18.4. The standard InChI is InChI=1S/C50H80N4O13/c1-35(2)31-40(56)33-37(43(57)34-38(48(51)63)32-36-22-24-39(55)25-23-36)19-17-18-30-52-44(58)28-26-41(49(64)65)54-46(60)29-27-42(50(66)67)53-45(59)20-15-13-11-9-7-5-3-4-6-8-10-12-14-16-21-47(61)62/h22-25,35,37-38,41-42,55H,3-21,26-34H2,1-2H3,(H2,51,63)(H,52,58)(H,53,59)(H,54,60)(H,61,62)(H,64,65)(H,66,67)/t37-,38-,41+,42+/m1/s1. The molecular formula is C50H80N4O13. The zero-order valence-corrected chi connectivity index (χ0v) is 40.0. The van der Waals surface area contributed by atoms with Crippen molar-refractivity contribution in [3.63, 3.8) is 0 Å². The molecule has 4 atom stereocenters. The number of nitrogens with two attached hydrogens (primary N) is 1. The third-order valence-electron chi connectivity index (χ3n) is 11.8. The number of phenols is 1. The van der Waals surface area contributed by atoms with Gasteiger partial charge in [0.2, 0.25) is 23.6 Å². The van der Waals surface area contributed by atoms with Crippen molar-refractivity contribution in [1.29, 1.82) is 0 Å². The summed E-state index contributed by atoms with van der Waals surface area (Å²) in [5.41, 5.74) is 6.36. The first kappa shape index (κ1) is 59.7. The van der Waals surface area contributed by atoms with Gasteiger partial charge in [0.25, 0.3) is 0 Å². The zero-order chi connectivity index (χ0) is 50.0. The van der Waals surface area contributed by atoms with Crippen LogP contribution in [0.5, 0.6) is 5.75 Å². The molecule has 0 unspecified atom stereocenters. The van der Waals surface area contributed by atoms with E-state index in [1.807, 2.05) is 13.8 Å². The van der Waals surface area contributed by atoms with Crippen molar-refractivity contribution in [3.8, 4) is 5.75 Å². The lowest BCUT2D eigenvalue weighted by atomic mass is 9.84. The van der Waals surface area contributed by atoms with E-state index in [2.05, 4.69) is 16.0 Å². The van der Waals surface area contributed by atoms with Gasteiger partial charge in [0.05, 0.1) is 0 Å². The molecular weight excluding hydrogens is 865 g/mol. The number of carboxylic acids is 3. The van der Waals surface area contributed by atoms with Crippen LogP contribution in [-0.4, -0.2) is 92.2 Å². The molecule has 0 radical (unpaired) electrons. The highest BCUT2D eigenvalue weighted by Gasteiger charge is 2.28. The quantitative estimate of drug-likeness (QED) is 0.0309. The lowest BCUT2D eigenvalue weighted by molar-refractivity contribution is -0.143. The van der Waals surface area contributed by atoms with Crippen LogP contribution in [0.3, 0.4) is 0 Å². The van der Waals surface area contributed by atoms with Crippen LogP contribution in [-0.2, 0) is 49.6 Å². The average Bonchev–Trinajstić information content (AvgIpc) is 3.25. The van der Waals surface area contributed by atoms with Crippen LogP contribution in [0.2, 0.25) is 0 Å². The molecule has 4 amide bonds. The molecule has 378 valence electrons. The number of hydrogen-bond donors (Lipinski definition) is 8. The molecule has 0 aromatic heterocycles. The van der Waals surface area contributed by atoms with Crippen molar-refractivity contribution >= 4 is 53.1 Å². The number of primary amides is 1. The van der Waals surface area contributed by atoms with Crippen molar-refractivity contribution in [2.45, 2.75) is 199 Å². The van der Waals surface area contributed by atoms with E-state index in [0.29, 0.717) is 32.1 Å². The SMILES string of the molecule is CC(C)CC(=O)C[C@@H](CCCCNC(=O)CC[C@H](NC(=O)CC[C@H](NC(=O)CCCCCCCCCCCCCCCCC(=O)O)C(=O)O)C(=O)O)C(=O)C[C@@H](Cc1ccc(O)cc1)C(N)=O. The molecule has 1 rings (SSSR count). The number of phenolic OH excluding ortho intramolecular Hbond substituents is 1. The van der Waals surface area contributed by atoms with Crippen LogP contribution >= 0.6 is 0 Å². The van der Waals surface area contributed by atoms with Crippen LogP contribution in [0.4, 0.5) is 0 Å². The fourth-order valence-electron chi connectivity index (χ4n) is 7.90. The number of ketones is 2. The zero-order valence-electron chi connectivity index (χ0n) is 40.0. The first-order valence-electron chi connectivity index (χ1n) is 24.5. The summed E-state index contributed by atoms with van der Waals surface area (Å²) < 4.78 is 0. The minimum atomic E-state index is -1.41. The number of aromatic hydroxyl groups is 1. The monoisotopic (exact) mass is 945 g/mol. The largest absolute Gasteiger partial charge is 0.508 e. The Morgan fingerprint density at radius 1 is 0.522 bits per heavy atom. The smallest absolute Gasteiger partial charge is 0.326 e. The summed E-state index contributed by atoms with van der Waals surface area (Å²) in [7, 11) is 0. The molecule has 0 aliphatic heterocycles. The number of benzene rings is 1. The molecule has 0 aliphatic rings. The van der Waals surface area contributed by atoms with E-state index in [4.69, 9.17) is 10.8 Å². The Morgan fingerprint density at radius 3 is 1.45 bits per heavy atom. The lowest BCUT2D eigenvalue weighted by Gasteiger charge is -2.19. The average molecular weight is 945 g/mol. The first-order chi connectivity index (χ1) is 31.9. The number of unbranched alkanes of at least 4 members (excludes halogenated alkanes) is 14.